The molecule has 4 heterocycles. The van der Waals surface area contributed by atoms with E-state index in [1.165, 1.54) is 23.6 Å². The summed E-state index contributed by atoms with van der Waals surface area (Å²) in [4.78, 5) is 40.2. The zero-order valence-electron chi connectivity index (χ0n) is 18.3. The number of amides is 1. The Bertz CT molecular complexity index is 1220. The van der Waals surface area contributed by atoms with Crippen molar-refractivity contribution in [2.24, 2.45) is 17.0 Å². The molecule has 0 bridgehead atoms. The van der Waals surface area contributed by atoms with E-state index < -0.39 is 52.4 Å². The van der Waals surface area contributed by atoms with Crippen molar-refractivity contribution in [3.63, 3.8) is 0 Å². The molecule has 4 aliphatic heterocycles. The lowest BCUT2D eigenvalue weighted by Crippen LogP contribution is -2.63. The van der Waals surface area contributed by atoms with Crippen LogP contribution in [0.25, 0.3) is 0 Å². The molecule has 11 nitrogen and oxygen atoms in total. The van der Waals surface area contributed by atoms with Crippen LogP contribution in [0.3, 0.4) is 0 Å². The van der Waals surface area contributed by atoms with Crippen LogP contribution in [0.5, 0.6) is 0 Å². The number of rotatable bonds is 6. The van der Waals surface area contributed by atoms with E-state index in [9.17, 15) is 27.9 Å². The molecule has 0 radical (unpaired) electrons. The van der Waals surface area contributed by atoms with Gasteiger partial charge in [-0.15, -0.1) is 11.8 Å². The maximum absolute atomic E-state index is 13.3. The number of fused-ring (bicyclic) bond motifs is 2. The van der Waals surface area contributed by atoms with Crippen LogP contribution in [0, 0.1) is 11.8 Å². The van der Waals surface area contributed by atoms with Gasteiger partial charge < -0.3 is 19.5 Å². The molecule has 13 heteroatoms. The smallest absolute Gasteiger partial charge is 0.359 e. The third-order valence-electron chi connectivity index (χ3n) is 6.63. The van der Waals surface area contributed by atoms with Crippen LogP contribution in [-0.4, -0.2) is 71.1 Å². The Morgan fingerprint density at radius 1 is 1.29 bits per heavy atom. The zero-order chi connectivity index (χ0) is 24.5. The van der Waals surface area contributed by atoms with Crippen LogP contribution in [0.2, 0.25) is 0 Å². The fourth-order valence-electron chi connectivity index (χ4n) is 4.89. The maximum Gasteiger partial charge on any atom is 0.359 e. The van der Waals surface area contributed by atoms with Crippen molar-refractivity contribution in [1.29, 1.82) is 0 Å². The largest absolute Gasteiger partial charge is 0.417 e. The lowest BCUT2D eigenvalue weighted by molar-refractivity contribution is -0.173. The molecule has 5 atom stereocenters. The third-order valence-corrected chi connectivity index (χ3v) is 9.10. The monoisotopic (exact) mass is 509 g/mol. The number of aliphatic hydroxyl groups is 1. The van der Waals surface area contributed by atoms with Gasteiger partial charge in [-0.25, -0.2) is 14.7 Å². The fourth-order valence-corrected chi connectivity index (χ4v) is 7.36. The van der Waals surface area contributed by atoms with Gasteiger partial charge in [0.2, 0.25) is 5.91 Å². The number of esters is 2. The van der Waals surface area contributed by atoms with Crippen molar-refractivity contribution in [3.8, 4) is 0 Å². The Kier molecular flexibility index (Phi) is 5.52. The van der Waals surface area contributed by atoms with Crippen molar-refractivity contribution >= 4 is 39.8 Å². The lowest BCUT2D eigenvalue weighted by atomic mass is 9.79. The highest BCUT2D eigenvalue weighted by atomic mass is 32.2. The molecular formula is C21H23N3O8S2. The van der Waals surface area contributed by atoms with Crippen molar-refractivity contribution in [2.75, 3.05) is 13.1 Å². The molecule has 1 unspecified atom stereocenters. The first-order chi connectivity index (χ1) is 16.0. The lowest BCUT2D eigenvalue weighted by Gasteiger charge is -2.46. The standard InChI is InChI=1S/C21H23N3O8S2/c1-9-15-14(10(2)25)18(26)24(15)16(17(9)33-11-7-23(8-11)34(22,29)30)20(28)32-21-13-6-4-3-5-12(13)19(27)31-21/h3-6,9-11,14-15,21,25H,7-8H2,1-2H3,(H2,22,29,30)/t9-,10-,14-,15-,21?/m1/s1. The summed E-state index contributed by atoms with van der Waals surface area (Å²) in [6.07, 6.45) is -2.14. The summed E-state index contributed by atoms with van der Waals surface area (Å²) in [7, 11) is -3.80. The molecule has 1 aromatic rings. The zero-order valence-corrected chi connectivity index (χ0v) is 19.9. The first-order valence-corrected chi connectivity index (χ1v) is 13.1. The van der Waals surface area contributed by atoms with E-state index in [-0.39, 0.29) is 30.0 Å². The number of hydrogen-bond acceptors (Lipinski definition) is 9. The van der Waals surface area contributed by atoms with Crippen molar-refractivity contribution < 1.29 is 37.4 Å². The van der Waals surface area contributed by atoms with Crippen molar-refractivity contribution in [1.82, 2.24) is 9.21 Å². The predicted octanol–water partition coefficient (Wildman–Crippen LogP) is 0.0888. The number of carbonyl (C=O) groups is 3. The second-order valence-electron chi connectivity index (χ2n) is 8.80. The van der Waals surface area contributed by atoms with Gasteiger partial charge in [0.05, 0.1) is 23.6 Å². The van der Waals surface area contributed by atoms with E-state index in [2.05, 4.69) is 0 Å². The maximum atomic E-state index is 13.3. The van der Waals surface area contributed by atoms with Crippen LogP contribution >= 0.6 is 11.8 Å². The molecule has 2 fully saturated rings. The summed E-state index contributed by atoms with van der Waals surface area (Å²) in [6, 6.07) is 6.13. The second kappa shape index (κ2) is 8.05. The highest BCUT2D eigenvalue weighted by Gasteiger charge is 2.61. The summed E-state index contributed by atoms with van der Waals surface area (Å²) in [5.74, 6) is -2.78. The van der Waals surface area contributed by atoms with Crippen molar-refractivity contribution in [2.45, 2.75) is 37.5 Å². The van der Waals surface area contributed by atoms with Gasteiger partial charge in [-0.05, 0) is 13.0 Å². The van der Waals surface area contributed by atoms with Gasteiger partial charge in [-0.3, -0.25) is 4.79 Å². The molecule has 0 saturated carbocycles. The van der Waals surface area contributed by atoms with Gasteiger partial charge in [0.1, 0.15) is 5.70 Å². The molecule has 34 heavy (non-hydrogen) atoms. The van der Waals surface area contributed by atoms with Crippen LogP contribution in [0.15, 0.2) is 34.9 Å². The Morgan fingerprint density at radius 3 is 2.62 bits per heavy atom. The minimum atomic E-state index is -3.80. The molecule has 5 rings (SSSR count). The molecule has 182 valence electrons. The van der Waals surface area contributed by atoms with E-state index in [0.29, 0.717) is 16.0 Å². The summed E-state index contributed by atoms with van der Waals surface area (Å²) in [5, 5.41) is 15.1. The molecule has 0 aliphatic carbocycles. The Hall–Kier alpha value is -2.45. The number of benzene rings is 1. The molecule has 2 saturated heterocycles. The number of aliphatic hydroxyl groups excluding tert-OH is 1. The third kappa shape index (κ3) is 3.53. The normalized spacial score (nSPS) is 29.8. The highest BCUT2D eigenvalue weighted by molar-refractivity contribution is 8.04. The topological polar surface area (TPSA) is 157 Å². The van der Waals surface area contributed by atoms with Crippen LogP contribution in [0.4, 0.5) is 0 Å². The second-order valence-corrected chi connectivity index (χ2v) is 11.7. The number of β-lactam (4-membered cyclic amide) rings is 1. The van der Waals surface area contributed by atoms with Gasteiger partial charge in [-0.2, -0.15) is 12.7 Å². The average molecular weight is 510 g/mol. The molecule has 3 N–H and O–H groups in total. The average Bonchev–Trinajstić information content (AvgIpc) is 3.15. The van der Waals surface area contributed by atoms with Crippen LogP contribution in [-0.2, 0) is 29.3 Å². The van der Waals surface area contributed by atoms with E-state index in [1.807, 2.05) is 6.92 Å². The Balaban J connectivity index is 1.42. The van der Waals surface area contributed by atoms with E-state index in [0.717, 1.165) is 4.31 Å². The molecule has 1 aromatic carbocycles. The number of cyclic esters (lactones) is 1. The molecule has 0 aromatic heterocycles. The number of hydrogen-bond donors (Lipinski definition) is 2. The molecule has 4 aliphatic rings. The number of ether oxygens (including phenoxy) is 2. The molecular weight excluding hydrogens is 486 g/mol. The number of nitrogens with two attached hydrogens (primary N) is 1. The fraction of sp³-hybridized carbons (Fsp3) is 0.476. The van der Waals surface area contributed by atoms with Gasteiger partial charge in [-0.1, -0.05) is 25.1 Å². The Morgan fingerprint density at radius 2 is 1.97 bits per heavy atom. The van der Waals surface area contributed by atoms with E-state index in [1.54, 1.807) is 24.3 Å². The first-order valence-electron chi connectivity index (χ1n) is 10.7. The van der Waals surface area contributed by atoms with Crippen molar-refractivity contribution in [3.05, 3.63) is 46.0 Å². The van der Waals surface area contributed by atoms with Crippen LogP contribution in [0.1, 0.15) is 36.1 Å². The van der Waals surface area contributed by atoms with Gasteiger partial charge >= 0.3 is 11.9 Å². The molecule has 0 spiro atoms. The summed E-state index contributed by atoms with van der Waals surface area (Å²) >= 11 is 1.30. The first kappa shape index (κ1) is 23.3. The van der Waals surface area contributed by atoms with Gasteiger partial charge in [0.25, 0.3) is 16.5 Å². The van der Waals surface area contributed by atoms with Gasteiger partial charge in [0.15, 0.2) is 0 Å². The highest BCUT2D eigenvalue weighted by Crippen LogP contribution is 2.52. The van der Waals surface area contributed by atoms with E-state index >= 15 is 0 Å². The summed E-state index contributed by atoms with van der Waals surface area (Å²) in [5.41, 5.74) is 0.755. The predicted molar refractivity (Wildman–Crippen MR) is 119 cm³/mol. The molecule has 1 amide bonds. The number of thioether (sulfide) groups is 1. The minimum Gasteiger partial charge on any atom is -0.417 e. The number of nitrogens with zero attached hydrogens (tertiary/aromatic N) is 2. The SMILES string of the molecule is C[C@@H](O)[C@H]1C(=O)N2C(C(=O)OC3OC(=O)c4ccccc43)=C(SC3CN(S(N)(=O)=O)C3)[C@H](C)[C@H]12. The minimum absolute atomic E-state index is 0.0406. The summed E-state index contributed by atoms with van der Waals surface area (Å²) < 4.78 is 34.9. The summed E-state index contributed by atoms with van der Waals surface area (Å²) in [6.45, 7) is 3.73. The Labute approximate surface area is 200 Å². The van der Waals surface area contributed by atoms with E-state index in [4.69, 9.17) is 14.6 Å². The van der Waals surface area contributed by atoms with Gasteiger partial charge in [0, 0.05) is 34.7 Å². The quantitative estimate of drug-likeness (QED) is 0.401. The number of carbonyl (C=O) groups excluding carboxylic acids is 3. The van der Waals surface area contributed by atoms with Crippen LogP contribution < -0.4 is 5.14 Å².